The molecule has 0 radical (unpaired) electrons. The largest absolute Gasteiger partial charge is 0.328 e. The Balaban J connectivity index is 1.89. The summed E-state index contributed by atoms with van der Waals surface area (Å²) < 4.78 is 0. The van der Waals surface area contributed by atoms with E-state index in [1.54, 1.807) is 0 Å². The molecule has 6 heteroatoms. The van der Waals surface area contributed by atoms with Crippen molar-refractivity contribution in [3.8, 4) is 0 Å². The Labute approximate surface area is 85.7 Å². The number of amides is 1. The number of hydrogen-bond acceptors (Lipinski definition) is 5. The van der Waals surface area contributed by atoms with Crippen molar-refractivity contribution >= 4 is 22.4 Å². The first-order valence-corrected chi connectivity index (χ1v) is 5.33. The van der Waals surface area contributed by atoms with E-state index in [-0.39, 0.29) is 17.9 Å². The van der Waals surface area contributed by atoms with Gasteiger partial charge in [-0.3, -0.25) is 4.79 Å². The van der Waals surface area contributed by atoms with Crippen molar-refractivity contribution in [2.45, 2.75) is 25.8 Å². The van der Waals surface area contributed by atoms with Gasteiger partial charge in [0.1, 0.15) is 5.01 Å². The molecule has 5 nitrogen and oxygen atoms in total. The molecule has 0 aromatic carbocycles. The highest BCUT2D eigenvalue weighted by atomic mass is 32.1. The molecule has 1 saturated carbocycles. The van der Waals surface area contributed by atoms with Crippen LogP contribution in [0.25, 0.3) is 0 Å². The lowest BCUT2D eigenvalue weighted by Crippen LogP contribution is -2.42. The Bertz CT molecular complexity index is 345. The van der Waals surface area contributed by atoms with Crippen molar-refractivity contribution in [3.63, 3.8) is 0 Å². The SMILES string of the molecule is Cc1nnc(NC(=O)C2CC(N)C2)s1. The van der Waals surface area contributed by atoms with Crippen molar-refractivity contribution in [2.24, 2.45) is 11.7 Å². The average molecular weight is 212 g/mol. The Morgan fingerprint density at radius 1 is 1.57 bits per heavy atom. The Hall–Kier alpha value is -1.01. The molecule has 2 rings (SSSR count). The Morgan fingerprint density at radius 2 is 2.29 bits per heavy atom. The minimum Gasteiger partial charge on any atom is -0.328 e. The quantitative estimate of drug-likeness (QED) is 0.749. The second kappa shape index (κ2) is 3.62. The van der Waals surface area contributed by atoms with Crippen LogP contribution in [0.4, 0.5) is 5.13 Å². The van der Waals surface area contributed by atoms with Gasteiger partial charge in [0.2, 0.25) is 11.0 Å². The summed E-state index contributed by atoms with van der Waals surface area (Å²) in [5, 5.41) is 11.8. The number of aromatic nitrogens is 2. The summed E-state index contributed by atoms with van der Waals surface area (Å²) in [7, 11) is 0. The Kier molecular flexibility index (Phi) is 2.47. The van der Waals surface area contributed by atoms with E-state index < -0.39 is 0 Å². The van der Waals surface area contributed by atoms with Crippen molar-refractivity contribution in [3.05, 3.63) is 5.01 Å². The van der Waals surface area contributed by atoms with Crippen LogP contribution in [0, 0.1) is 12.8 Å². The third-order valence-corrected chi connectivity index (χ3v) is 3.06. The monoisotopic (exact) mass is 212 g/mol. The van der Waals surface area contributed by atoms with Crippen LogP contribution in [0.15, 0.2) is 0 Å². The number of anilines is 1. The molecule has 0 spiro atoms. The van der Waals surface area contributed by atoms with Gasteiger partial charge >= 0.3 is 0 Å². The molecular formula is C8H12N4OS. The van der Waals surface area contributed by atoms with Crippen molar-refractivity contribution < 1.29 is 4.79 Å². The number of hydrogen-bond donors (Lipinski definition) is 2. The van der Waals surface area contributed by atoms with Gasteiger partial charge in [0.15, 0.2) is 0 Å². The minimum absolute atomic E-state index is 0.0165. The van der Waals surface area contributed by atoms with Gasteiger partial charge in [-0.05, 0) is 19.8 Å². The fourth-order valence-electron chi connectivity index (χ4n) is 1.43. The summed E-state index contributed by atoms with van der Waals surface area (Å²) in [6.07, 6.45) is 1.56. The van der Waals surface area contributed by atoms with E-state index in [4.69, 9.17) is 5.73 Å². The molecule has 14 heavy (non-hydrogen) atoms. The van der Waals surface area contributed by atoms with Crippen LogP contribution in [0.1, 0.15) is 17.8 Å². The van der Waals surface area contributed by atoms with E-state index in [0.29, 0.717) is 5.13 Å². The van der Waals surface area contributed by atoms with Crippen molar-refractivity contribution in [2.75, 3.05) is 5.32 Å². The molecule has 1 aromatic heterocycles. The molecule has 1 fully saturated rings. The second-order valence-corrected chi connectivity index (χ2v) is 4.73. The highest BCUT2D eigenvalue weighted by Crippen LogP contribution is 2.27. The summed E-state index contributed by atoms with van der Waals surface area (Å²) in [6, 6.07) is 0.196. The average Bonchev–Trinajstić information content (AvgIpc) is 2.45. The molecule has 1 aromatic rings. The second-order valence-electron chi connectivity index (χ2n) is 3.54. The van der Waals surface area contributed by atoms with Crippen LogP contribution in [-0.2, 0) is 4.79 Å². The van der Waals surface area contributed by atoms with Crippen molar-refractivity contribution in [1.29, 1.82) is 0 Å². The zero-order valence-electron chi connectivity index (χ0n) is 7.86. The first kappa shape index (κ1) is 9.54. The topological polar surface area (TPSA) is 80.9 Å². The number of nitrogens with zero attached hydrogens (tertiary/aromatic N) is 2. The summed E-state index contributed by atoms with van der Waals surface area (Å²) >= 11 is 1.38. The van der Waals surface area contributed by atoms with E-state index in [1.165, 1.54) is 11.3 Å². The van der Waals surface area contributed by atoms with Crippen LogP contribution >= 0.6 is 11.3 Å². The van der Waals surface area contributed by atoms with Gasteiger partial charge < -0.3 is 11.1 Å². The maximum atomic E-state index is 11.5. The zero-order chi connectivity index (χ0) is 10.1. The normalized spacial score (nSPS) is 25.6. The van der Waals surface area contributed by atoms with Gasteiger partial charge in [0, 0.05) is 12.0 Å². The molecule has 76 valence electrons. The molecule has 0 unspecified atom stereocenters. The zero-order valence-corrected chi connectivity index (χ0v) is 8.67. The summed E-state index contributed by atoms with van der Waals surface area (Å²) in [5.74, 6) is 0.0806. The molecule has 0 aliphatic heterocycles. The lowest BCUT2D eigenvalue weighted by Gasteiger charge is -2.30. The smallest absolute Gasteiger partial charge is 0.229 e. The predicted octanol–water partition coefficient (Wildman–Crippen LogP) is 0.522. The van der Waals surface area contributed by atoms with Crippen LogP contribution in [-0.4, -0.2) is 22.1 Å². The van der Waals surface area contributed by atoms with Gasteiger partial charge in [-0.25, -0.2) is 0 Å². The molecule has 1 aliphatic carbocycles. The first-order chi connectivity index (χ1) is 6.65. The first-order valence-electron chi connectivity index (χ1n) is 4.51. The van der Waals surface area contributed by atoms with Gasteiger partial charge in [-0.1, -0.05) is 11.3 Å². The van der Waals surface area contributed by atoms with Crippen LogP contribution in [0.5, 0.6) is 0 Å². The number of carbonyl (C=O) groups is 1. The number of nitrogens with two attached hydrogens (primary N) is 1. The third kappa shape index (κ3) is 1.91. The fraction of sp³-hybridized carbons (Fsp3) is 0.625. The maximum absolute atomic E-state index is 11.5. The minimum atomic E-state index is 0.0165. The lowest BCUT2D eigenvalue weighted by atomic mass is 9.80. The number of carbonyl (C=O) groups excluding carboxylic acids is 1. The molecule has 1 aliphatic rings. The van der Waals surface area contributed by atoms with Gasteiger partial charge in [-0.2, -0.15) is 0 Å². The van der Waals surface area contributed by atoms with Crippen molar-refractivity contribution in [1.82, 2.24) is 10.2 Å². The van der Waals surface area contributed by atoms with Gasteiger partial charge in [0.05, 0.1) is 0 Å². The molecule has 3 N–H and O–H groups in total. The van der Waals surface area contributed by atoms with Crippen LogP contribution in [0.2, 0.25) is 0 Å². The summed E-state index contributed by atoms with van der Waals surface area (Å²) in [4.78, 5) is 11.5. The lowest BCUT2D eigenvalue weighted by molar-refractivity contribution is -0.122. The van der Waals surface area contributed by atoms with E-state index in [1.807, 2.05) is 6.92 Å². The highest BCUT2D eigenvalue weighted by Gasteiger charge is 2.32. The molecular weight excluding hydrogens is 200 g/mol. The van der Waals surface area contributed by atoms with E-state index in [2.05, 4.69) is 15.5 Å². The highest BCUT2D eigenvalue weighted by molar-refractivity contribution is 7.15. The standard InChI is InChI=1S/C8H12N4OS/c1-4-11-12-8(14-4)10-7(13)5-2-6(9)3-5/h5-6H,2-3,9H2,1H3,(H,10,12,13). The van der Waals surface area contributed by atoms with Gasteiger partial charge in [-0.15, -0.1) is 10.2 Å². The molecule has 1 amide bonds. The number of aryl methyl sites for hydroxylation is 1. The number of nitrogens with one attached hydrogen (secondary N) is 1. The summed E-state index contributed by atoms with van der Waals surface area (Å²) in [6.45, 7) is 1.85. The van der Waals surface area contributed by atoms with E-state index in [0.717, 1.165) is 17.8 Å². The molecule has 0 atom stereocenters. The summed E-state index contributed by atoms with van der Waals surface area (Å²) in [5.41, 5.74) is 5.60. The van der Waals surface area contributed by atoms with E-state index >= 15 is 0 Å². The third-order valence-electron chi connectivity index (χ3n) is 2.30. The molecule has 1 heterocycles. The van der Waals surface area contributed by atoms with E-state index in [9.17, 15) is 4.79 Å². The molecule has 0 saturated heterocycles. The molecule has 0 bridgehead atoms. The predicted molar refractivity (Wildman–Crippen MR) is 54.0 cm³/mol. The number of rotatable bonds is 2. The Morgan fingerprint density at radius 3 is 2.79 bits per heavy atom. The van der Waals surface area contributed by atoms with Crippen LogP contribution in [0.3, 0.4) is 0 Å². The fourth-order valence-corrected chi connectivity index (χ4v) is 2.03. The van der Waals surface area contributed by atoms with Gasteiger partial charge in [0.25, 0.3) is 0 Å². The van der Waals surface area contributed by atoms with Crippen LogP contribution < -0.4 is 11.1 Å². The maximum Gasteiger partial charge on any atom is 0.229 e.